The summed E-state index contributed by atoms with van der Waals surface area (Å²) in [6.07, 6.45) is 29.1. The van der Waals surface area contributed by atoms with Gasteiger partial charge in [0.05, 0.1) is 34.8 Å². The van der Waals surface area contributed by atoms with Gasteiger partial charge in [-0.1, -0.05) is 84.4 Å². The van der Waals surface area contributed by atoms with Crippen molar-refractivity contribution >= 4 is 116 Å². The molecule has 15 aromatic rings. The van der Waals surface area contributed by atoms with Crippen LogP contribution in [-0.2, 0) is 63.1 Å². The molecule has 9 aromatic carbocycles. The predicted molar refractivity (Wildman–Crippen MR) is 584 cm³/mol. The summed E-state index contributed by atoms with van der Waals surface area (Å²) >= 11 is 6.18. The topological polar surface area (TPSA) is 360 Å². The molecule has 0 aliphatic carbocycles. The Morgan fingerprint density at radius 3 is 0.838 bits per heavy atom. The first-order chi connectivity index (χ1) is 71.5. The molecule has 0 unspecified atom stereocenters. The lowest BCUT2D eigenvalue weighted by atomic mass is 9.98. The van der Waals surface area contributed by atoms with Crippen molar-refractivity contribution in [1.29, 1.82) is 5.26 Å². The molecule has 11 heterocycles. The second-order valence-corrected chi connectivity index (χ2v) is 48.7. The molecule has 5 aliphatic heterocycles. The zero-order valence-corrected chi connectivity index (χ0v) is 88.4. The molecule has 2 N–H and O–H groups in total. The summed E-state index contributed by atoms with van der Waals surface area (Å²) in [5.74, 6) is 4.15. The van der Waals surface area contributed by atoms with Crippen LogP contribution in [0.3, 0.4) is 0 Å². The predicted octanol–water partition coefficient (Wildman–Crippen LogP) is 20.6. The van der Waals surface area contributed by atoms with Gasteiger partial charge in [-0.05, 0) is 321 Å². The molecule has 0 amide bonds. The Labute approximate surface area is 871 Å². The summed E-state index contributed by atoms with van der Waals surface area (Å²) in [6, 6.07) is 67.1. The van der Waals surface area contributed by atoms with E-state index in [4.69, 9.17) is 46.3 Å². The highest BCUT2D eigenvalue weighted by molar-refractivity contribution is 7.90. The van der Waals surface area contributed by atoms with E-state index < -0.39 is 50.1 Å². The average Bonchev–Trinajstić information content (AvgIpc) is 0.800. The number of hydrogen-bond acceptors (Lipinski definition) is 23. The molecular weight excluding hydrogens is 1990 g/mol. The molecule has 774 valence electrons. The SMILES string of the molecule is CCS(=O)(=O)N1CCC(Oc2cc(-c3cccc(CCC#N)c3)cc3ccncc23)CC1.CCS(=O)(=O)N1CCC(Oc2cc(-c3cccc(CN)c3)cc3ccncc23)CC1.CCS(=O)(=O)N1CCC(Oc2cc(-c3cccc(Cl)c3)cc3ccncc23)CC1.CCS(=O)(=O)N1CCC(Oc2cc(-c3cccc(F)c3)cc3ccncc23)CC1.CCS(=O)(=O)N1CCC(Oc2cc(-c3cccnc3)cc3ccncc23)CC1. The number of rotatable bonds is 28. The van der Waals surface area contributed by atoms with Crippen LogP contribution in [0.25, 0.3) is 109 Å². The number of nitrogens with two attached hydrogens (primary N) is 1. The fraction of sp³-hybridized carbons (Fsp3) is 0.336. The highest BCUT2D eigenvalue weighted by Crippen LogP contribution is 2.42. The monoisotopic (exact) mass is 2120 g/mol. The number of nitriles is 1. The number of aryl methyl sites for hydroxylation is 1. The number of piperidine rings is 5. The molecule has 148 heavy (non-hydrogen) atoms. The summed E-state index contributed by atoms with van der Waals surface area (Å²) in [7, 11) is -15.7. The molecule has 0 atom stereocenters. The molecule has 6 aromatic heterocycles. The summed E-state index contributed by atoms with van der Waals surface area (Å²) in [5, 5.41) is 19.4. The maximum atomic E-state index is 13.7. The lowest BCUT2D eigenvalue weighted by Gasteiger charge is -2.31. The number of fused-ring (bicyclic) bond motifs is 5. The Kier molecular flexibility index (Phi) is 36.3. The Morgan fingerprint density at radius 1 is 0.311 bits per heavy atom. The van der Waals surface area contributed by atoms with Crippen LogP contribution in [0.15, 0.2) is 275 Å². The molecule has 20 rings (SSSR count). The molecule has 0 saturated carbocycles. The number of sulfonamides is 5. The van der Waals surface area contributed by atoms with Crippen molar-refractivity contribution in [1.82, 2.24) is 51.4 Å². The summed E-state index contributed by atoms with van der Waals surface area (Å²) in [5.41, 5.74) is 18.0. The van der Waals surface area contributed by atoms with Crippen LogP contribution in [0, 0.1) is 17.1 Å². The zero-order valence-electron chi connectivity index (χ0n) is 83.5. The minimum atomic E-state index is -3.17. The third-order valence-electron chi connectivity index (χ3n) is 27.4. The number of nitrogens with zero attached hydrogens (tertiary/aromatic N) is 12. The van der Waals surface area contributed by atoms with Crippen molar-refractivity contribution in [3.05, 3.63) is 297 Å². The van der Waals surface area contributed by atoms with Gasteiger partial charge < -0.3 is 29.4 Å². The van der Waals surface area contributed by atoms with Gasteiger partial charge >= 0.3 is 0 Å². The lowest BCUT2D eigenvalue weighted by molar-refractivity contribution is 0.136. The molecule has 0 radical (unpaired) electrons. The standard InChI is InChI=1S/C25H27N3O3S.C23H27N3O3S.C22H23ClN2O3S.C22H23FN2O3S.C21H23N3O3S/c1-2-32(29,30)28-13-9-23(10-14-28)31-25-17-22(16-21-8-12-27-18-24(21)25)20-7-3-5-19(15-20)6-4-11-26;1-2-30(27,28)26-10-7-21(8-11-26)29-23-14-20(13-19-6-9-25-16-22(19)23)18-5-3-4-17(12-18)15-24;2*1-2-29(26,27)25-10-7-20(8-11-25)28-22-14-18(16-4-3-5-19(23)13-16)12-17-6-9-24-15-21(17)22;1-2-28(25,26)24-10-6-19(7-11-24)27-21-13-18(17-4-3-8-22-14-17)12-16-5-9-23-15-20(16)21/h3,5,7-8,12,15-18,23H,2,4,6,9-10,13-14H2,1H3;3-6,9,12-14,16,21H,2,7-8,10-11,15,24H2,1H3;2*3-6,9,12-15,20H,2,7-8,10-11H2,1H3;3-5,8-9,12-15,19H,2,6-7,10-11H2,1H3. The first-order valence-electron chi connectivity index (χ1n) is 50.3. The van der Waals surface area contributed by atoms with Crippen LogP contribution >= 0.6 is 11.6 Å². The Morgan fingerprint density at radius 2 is 0.568 bits per heavy atom. The van der Waals surface area contributed by atoms with Crippen LogP contribution in [0.1, 0.15) is 116 Å². The quantitative estimate of drug-likeness (QED) is 0.0476. The van der Waals surface area contributed by atoms with E-state index in [1.807, 2.05) is 158 Å². The summed E-state index contributed by atoms with van der Waals surface area (Å²) in [6.45, 7) is 13.7. The van der Waals surface area contributed by atoms with E-state index >= 15 is 0 Å². The number of halogens is 2. The van der Waals surface area contributed by atoms with E-state index in [2.05, 4.69) is 90.6 Å². The third-order valence-corrected chi connectivity index (χ3v) is 37.1. The van der Waals surface area contributed by atoms with E-state index in [0.29, 0.717) is 153 Å². The van der Waals surface area contributed by atoms with Crippen LogP contribution in [-0.4, -0.2) is 218 Å². The Balaban J connectivity index is 0.000000132. The van der Waals surface area contributed by atoms with Crippen LogP contribution in [0.5, 0.6) is 28.7 Å². The fourth-order valence-electron chi connectivity index (χ4n) is 19.0. The molecule has 5 aliphatic rings. The second kappa shape index (κ2) is 49.7. The van der Waals surface area contributed by atoms with Gasteiger partial charge in [0.15, 0.2) is 0 Å². The molecule has 0 spiro atoms. The van der Waals surface area contributed by atoms with Crippen LogP contribution in [0.4, 0.5) is 4.39 Å². The Hall–Kier alpha value is -12.6. The number of hydrogen-bond donors (Lipinski definition) is 1. The normalized spacial score (nSPS) is 16.0. The van der Waals surface area contributed by atoms with Gasteiger partial charge in [-0.25, -0.2) is 68.0 Å². The van der Waals surface area contributed by atoms with Gasteiger partial charge in [0.2, 0.25) is 50.1 Å². The average molecular weight is 2120 g/mol. The first-order valence-corrected chi connectivity index (χ1v) is 58.7. The smallest absolute Gasteiger partial charge is 0.213 e. The van der Waals surface area contributed by atoms with Gasteiger partial charge in [-0.15, -0.1) is 0 Å². The van der Waals surface area contributed by atoms with E-state index in [1.54, 1.807) is 101 Å². The van der Waals surface area contributed by atoms with E-state index in [0.717, 1.165) is 150 Å². The summed E-state index contributed by atoms with van der Waals surface area (Å²) in [4.78, 5) is 25.5. The third kappa shape index (κ3) is 27.5. The van der Waals surface area contributed by atoms with Crippen molar-refractivity contribution in [2.24, 2.45) is 5.73 Å². The molecular formula is C113H123ClFN13O15S5. The zero-order chi connectivity index (χ0) is 104. The number of benzene rings is 9. The summed E-state index contributed by atoms with van der Waals surface area (Å²) < 4.78 is 174. The number of ether oxygens (including phenoxy) is 5. The van der Waals surface area contributed by atoms with E-state index in [-0.39, 0.29) is 65.1 Å². The number of aromatic nitrogens is 6. The van der Waals surface area contributed by atoms with E-state index in [1.165, 1.54) is 16.4 Å². The molecule has 28 nitrogen and oxygen atoms in total. The molecule has 5 fully saturated rings. The lowest BCUT2D eigenvalue weighted by Crippen LogP contribution is -2.42. The van der Waals surface area contributed by atoms with Gasteiger partial charge in [0, 0.05) is 190 Å². The van der Waals surface area contributed by atoms with Gasteiger partial charge in [-0.2, -0.15) is 5.26 Å². The first kappa shape index (κ1) is 108. The maximum absolute atomic E-state index is 13.7. The van der Waals surface area contributed by atoms with Crippen LogP contribution in [0.2, 0.25) is 5.02 Å². The highest BCUT2D eigenvalue weighted by atomic mass is 35.5. The largest absolute Gasteiger partial charge is 0.490 e. The van der Waals surface area contributed by atoms with E-state index in [9.17, 15) is 46.5 Å². The number of pyridine rings is 6. The van der Waals surface area contributed by atoms with Crippen molar-refractivity contribution in [3.8, 4) is 90.5 Å². The molecule has 35 heteroatoms. The molecule has 0 bridgehead atoms. The van der Waals surface area contributed by atoms with Crippen molar-refractivity contribution in [3.63, 3.8) is 0 Å². The van der Waals surface area contributed by atoms with Crippen molar-refractivity contribution in [2.45, 2.75) is 149 Å². The Bertz CT molecular complexity index is 7650. The van der Waals surface area contributed by atoms with Crippen molar-refractivity contribution in [2.75, 3.05) is 94.2 Å². The minimum Gasteiger partial charge on any atom is -0.490 e. The fourth-order valence-corrected chi connectivity index (χ4v) is 24.8. The van der Waals surface area contributed by atoms with Crippen molar-refractivity contribution < 1.29 is 70.2 Å². The van der Waals surface area contributed by atoms with Gasteiger partial charge in [0.1, 0.15) is 65.1 Å². The maximum Gasteiger partial charge on any atom is 0.213 e. The second-order valence-electron chi connectivity index (χ2n) is 37.0. The van der Waals surface area contributed by atoms with Crippen LogP contribution < -0.4 is 29.4 Å². The molecule has 5 saturated heterocycles. The van der Waals surface area contributed by atoms with Gasteiger partial charge in [-0.3, -0.25) is 29.9 Å². The highest BCUT2D eigenvalue weighted by Gasteiger charge is 2.35. The minimum absolute atomic E-state index is 0.0177. The van der Waals surface area contributed by atoms with Gasteiger partial charge in [0.25, 0.3) is 0 Å².